The van der Waals surface area contributed by atoms with Gasteiger partial charge in [-0.15, -0.1) is 0 Å². The number of rotatable bonds is 2. The highest BCUT2D eigenvalue weighted by molar-refractivity contribution is 7.92. The van der Waals surface area contributed by atoms with Gasteiger partial charge in [0.05, 0.1) is 4.90 Å². The number of nitrogens with one attached hydrogen (secondary N) is 1. The zero-order valence-corrected chi connectivity index (χ0v) is 11.8. The Morgan fingerprint density at radius 1 is 1.15 bits per heavy atom. The Morgan fingerprint density at radius 3 is 2.70 bits per heavy atom. The van der Waals surface area contributed by atoms with Crippen molar-refractivity contribution in [1.29, 1.82) is 0 Å². The number of benzene rings is 2. The molecule has 1 atom stereocenters. The Hall–Kier alpha value is -1.47. The molecule has 3 N–H and O–H groups in total. The van der Waals surface area contributed by atoms with Crippen LogP contribution >= 0.6 is 0 Å². The van der Waals surface area contributed by atoms with Crippen molar-refractivity contribution in [2.75, 3.05) is 19.6 Å². The van der Waals surface area contributed by atoms with Gasteiger partial charge < -0.3 is 5.32 Å². The van der Waals surface area contributed by atoms with Gasteiger partial charge in [0.1, 0.15) is 5.37 Å². The van der Waals surface area contributed by atoms with E-state index < -0.39 is 15.2 Å². The van der Waals surface area contributed by atoms with Crippen LogP contribution in [0.2, 0.25) is 0 Å². The topological polar surface area (TPSA) is 75.4 Å². The summed E-state index contributed by atoms with van der Waals surface area (Å²) in [5.74, 6) is 5.86. The van der Waals surface area contributed by atoms with Gasteiger partial charge in [-0.3, -0.25) is 5.84 Å². The van der Waals surface area contributed by atoms with Gasteiger partial charge in [0.15, 0.2) is 9.84 Å². The lowest BCUT2D eigenvalue weighted by molar-refractivity contribution is 0.215. The molecule has 106 valence electrons. The number of nitrogens with zero attached hydrogens (tertiary/aromatic N) is 1. The first-order valence-corrected chi connectivity index (χ1v) is 8.09. The Morgan fingerprint density at radius 2 is 1.90 bits per heavy atom. The van der Waals surface area contributed by atoms with E-state index in [2.05, 4.69) is 5.32 Å². The highest BCUT2D eigenvalue weighted by Crippen LogP contribution is 2.26. The van der Waals surface area contributed by atoms with Gasteiger partial charge in [-0.1, -0.05) is 36.4 Å². The number of piperazine rings is 1. The molecule has 20 heavy (non-hydrogen) atoms. The molecule has 2 aromatic carbocycles. The molecule has 0 bridgehead atoms. The van der Waals surface area contributed by atoms with Gasteiger partial charge in [-0.25, -0.2) is 13.4 Å². The third-order valence-electron chi connectivity index (χ3n) is 3.65. The maximum absolute atomic E-state index is 12.8. The molecule has 0 aromatic heterocycles. The third kappa shape index (κ3) is 2.20. The van der Waals surface area contributed by atoms with E-state index in [1.54, 1.807) is 12.1 Å². The largest absolute Gasteiger partial charge is 0.313 e. The van der Waals surface area contributed by atoms with Crippen molar-refractivity contribution in [2.24, 2.45) is 5.84 Å². The van der Waals surface area contributed by atoms with Gasteiger partial charge in [0, 0.05) is 25.0 Å². The number of hydrogen-bond acceptors (Lipinski definition) is 5. The molecule has 6 heteroatoms. The first-order chi connectivity index (χ1) is 9.60. The molecule has 0 saturated carbocycles. The van der Waals surface area contributed by atoms with E-state index in [1.165, 1.54) is 5.01 Å². The minimum Gasteiger partial charge on any atom is -0.313 e. The molecular formula is C14H17N3O2S. The van der Waals surface area contributed by atoms with Gasteiger partial charge in [0.2, 0.25) is 0 Å². The normalized spacial score (nSPS) is 21.1. The highest BCUT2D eigenvalue weighted by atomic mass is 32.2. The highest BCUT2D eigenvalue weighted by Gasteiger charge is 2.34. The fourth-order valence-electron chi connectivity index (χ4n) is 2.57. The van der Waals surface area contributed by atoms with E-state index in [9.17, 15) is 8.42 Å². The van der Waals surface area contributed by atoms with Gasteiger partial charge in [-0.05, 0) is 11.5 Å². The molecule has 1 aliphatic rings. The van der Waals surface area contributed by atoms with Crippen LogP contribution in [0.4, 0.5) is 0 Å². The lowest BCUT2D eigenvalue weighted by atomic mass is 10.1. The van der Waals surface area contributed by atoms with E-state index in [-0.39, 0.29) is 0 Å². The van der Waals surface area contributed by atoms with Crippen LogP contribution in [0.15, 0.2) is 47.4 Å². The number of fused-ring (bicyclic) bond motifs is 1. The molecule has 1 aliphatic heterocycles. The lowest BCUT2D eigenvalue weighted by Crippen LogP contribution is -2.57. The average Bonchev–Trinajstić information content (AvgIpc) is 2.47. The standard InChI is InChI=1S/C14H17N3O2S/c15-17-9-8-16-10-14(17)20(18,19)13-7-3-5-11-4-1-2-6-12(11)13/h1-7,14,16H,8-10,15H2. The monoisotopic (exact) mass is 291 g/mol. The molecule has 0 radical (unpaired) electrons. The molecule has 1 saturated heterocycles. The molecule has 1 fully saturated rings. The van der Waals surface area contributed by atoms with Crippen LogP contribution in [-0.2, 0) is 9.84 Å². The van der Waals surface area contributed by atoms with Crippen molar-refractivity contribution in [3.05, 3.63) is 42.5 Å². The number of nitrogens with two attached hydrogens (primary N) is 1. The fourth-order valence-corrected chi connectivity index (χ4v) is 4.43. The van der Waals surface area contributed by atoms with Crippen molar-refractivity contribution in [3.63, 3.8) is 0 Å². The summed E-state index contributed by atoms with van der Waals surface area (Å²) in [6.45, 7) is 1.58. The maximum Gasteiger partial charge on any atom is 0.197 e. The van der Waals surface area contributed by atoms with Gasteiger partial charge >= 0.3 is 0 Å². The van der Waals surface area contributed by atoms with Crippen molar-refractivity contribution < 1.29 is 8.42 Å². The quantitative estimate of drug-likeness (QED) is 0.797. The van der Waals surface area contributed by atoms with E-state index in [4.69, 9.17) is 5.84 Å². The predicted octanol–water partition coefficient (Wildman–Crippen LogP) is 0.719. The second kappa shape index (κ2) is 5.14. The Kier molecular flexibility index (Phi) is 3.47. The Labute approximate surface area is 118 Å². The third-order valence-corrected chi connectivity index (χ3v) is 5.77. The molecule has 1 heterocycles. The number of sulfone groups is 1. The SMILES string of the molecule is NN1CCNCC1S(=O)(=O)c1cccc2ccccc12. The lowest BCUT2D eigenvalue weighted by Gasteiger charge is -2.32. The summed E-state index contributed by atoms with van der Waals surface area (Å²) in [4.78, 5) is 0.347. The summed E-state index contributed by atoms with van der Waals surface area (Å²) in [6.07, 6.45) is 0. The zero-order valence-electron chi connectivity index (χ0n) is 11.0. The zero-order chi connectivity index (χ0) is 14.2. The van der Waals surface area contributed by atoms with Crippen LogP contribution < -0.4 is 11.2 Å². The molecule has 5 nitrogen and oxygen atoms in total. The van der Waals surface area contributed by atoms with Gasteiger partial charge in [-0.2, -0.15) is 0 Å². The minimum absolute atomic E-state index is 0.347. The number of hydrogen-bond donors (Lipinski definition) is 2. The van der Waals surface area contributed by atoms with Crippen molar-refractivity contribution in [2.45, 2.75) is 10.3 Å². The van der Waals surface area contributed by atoms with E-state index >= 15 is 0 Å². The molecule has 2 aromatic rings. The number of hydrazine groups is 1. The van der Waals surface area contributed by atoms with Gasteiger partial charge in [0.25, 0.3) is 0 Å². The molecule has 0 amide bonds. The van der Waals surface area contributed by atoms with Crippen LogP contribution in [0, 0.1) is 0 Å². The smallest absolute Gasteiger partial charge is 0.197 e. The second-order valence-corrected chi connectivity index (χ2v) is 6.99. The fraction of sp³-hybridized carbons (Fsp3) is 0.286. The first-order valence-electron chi connectivity index (χ1n) is 6.54. The Bertz CT molecular complexity index is 725. The minimum atomic E-state index is -3.50. The summed E-state index contributed by atoms with van der Waals surface area (Å²) in [7, 11) is -3.50. The summed E-state index contributed by atoms with van der Waals surface area (Å²) in [5, 5.41) is 5.44. The predicted molar refractivity (Wildman–Crippen MR) is 78.7 cm³/mol. The summed E-state index contributed by atoms with van der Waals surface area (Å²) in [6, 6.07) is 12.8. The van der Waals surface area contributed by atoms with E-state index in [0.717, 1.165) is 10.8 Å². The molecule has 0 spiro atoms. The van der Waals surface area contributed by atoms with Crippen LogP contribution in [0.1, 0.15) is 0 Å². The van der Waals surface area contributed by atoms with Crippen LogP contribution in [0.5, 0.6) is 0 Å². The molecule has 3 rings (SSSR count). The van der Waals surface area contributed by atoms with E-state index in [1.807, 2.05) is 30.3 Å². The summed E-state index contributed by atoms with van der Waals surface area (Å²) in [5.41, 5.74) is 0. The maximum atomic E-state index is 12.8. The first kappa shape index (κ1) is 13.5. The molecular weight excluding hydrogens is 274 g/mol. The second-order valence-electron chi connectivity index (χ2n) is 4.92. The van der Waals surface area contributed by atoms with Crippen molar-refractivity contribution in [3.8, 4) is 0 Å². The van der Waals surface area contributed by atoms with Crippen LogP contribution in [-0.4, -0.2) is 38.4 Å². The Balaban J connectivity index is 2.14. The van der Waals surface area contributed by atoms with Crippen LogP contribution in [0.25, 0.3) is 10.8 Å². The van der Waals surface area contributed by atoms with Crippen LogP contribution in [0.3, 0.4) is 0 Å². The van der Waals surface area contributed by atoms with E-state index in [0.29, 0.717) is 24.5 Å². The van der Waals surface area contributed by atoms with Crippen molar-refractivity contribution >= 4 is 20.6 Å². The summed E-state index contributed by atoms with van der Waals surface area (Å²) < 4.78 is 25.7. The summed E-state index contributed by atoms with van der Waals surface area (Å²) >= 11 is 0. The van der Waals surface area contributed by atoms with Crippen molar-refractivity contribution in [1.82, 2.24) is 10.3 Å². The average molecular weight is 291 g/mol. The molecule has 1 unspecified atom stereocenters. The molecule has 0 aliphatic carbocycles.